The van der Waals surface area contributed by atoms with Crippen LogP contribution in [0.2, 0.25) is 0 Å². The van der Waals surface area contributed by atoms with E-state index in [9.17, 15) is 5.11 Å². The summed E-state index contributed by atoms with van der Waals surface area (Å²) in [6.07, 6.45) is 6.32. The van der Waals surface area contributed by atoms with E-state index in [-0.39, 0.29) is 6.10 Å². The molecule has 0 fully saturated rings. The third-order valence-electron chi connectivity index (χ3n) is 3.33. The first-order valence-electron chi connectivity index (χ1n) is 6.34. The molecule has 0 aliphatic heterocycles. The van der Waals surface area contributed by atoms with Crippen molar-refractivity contribution >= 4 is 0 Å². The summed E-state index contributed by atoms with van der Waals surface area (Å²) < 4.78 is 1.91. The molecular weight excluding hydrogens is 212 g/mol. The predicted octanol–water partition coefficient (Wildman–Crippen LogP) is 2.69. The van der Waals surface area contributed by atoms with Gasteiger partial charge in [-0.2, -0.15) is 5.10 Å². The number of nitrogens with zero attached hydrogens (tertiary/aromatic N) is 2. The van der Waals surface area contributed by atoms with Crippen LogP contribution >= 0.6 is 0 Å². The number of aromatic nitrogens is 2. The van der Waals surface area contributed by atoms with Crippen LogP contribution in [0, 0.1) is 13.8 Å². The van der Waals surface area contributed by atoms with E-state index >= 15 is 0 Å². The molecule has 0 aliphatic rings. The molecule has 1 N–H and O–H groups in total. The zero-order valence-electron chi connectivity index (χ0n) is 11.2. The van der Waals surface area contributed by atoms with Crippen molar-refractivity contribution in [3.8, 4) is 0 Å². The van der Waals surface area contributed by atoms with Crippen molar-refractivity contribution in [1.29, 1.82) is 0 Å². The smallest absolute Gasteiger partial charge is 0.0628 e. The van der Waals surface area contributed by atoms with Crippen molar-refractivity contribution in [2.24, 2.45) is 7.05 Å². The van der Waals surface area contributed by atoms with Gasteiger partial charge < -0.3 is 5.11 Å². The maximum absolute atomic E-state index is 9.86. The van der Waals surface area contributed by atoms with E-state index in [1.165, 1.54) is 11.3 Å². The zero-order chi connectivity index (χ0) is 12.8. The molecule has 0 aliphatic carbocycles. The van der Waals surface area contributed by atoms with Gasteiger partial charge in [0.25, 0.3) is 0 Å². The summed E-state index contributed by atoms with van der Waals surface area (Å²) in [7, 11) is 1.96. The summed E-state index contributed by atoms with van der Waals surface area (Å²) in [6.45, 7) is 7.80. The number of aliphatic hydroxyl groups is 1. The van der Waals surface area contributed by atoms with Gasteiger partial charge in [0, 0.05) is 12.7 Å². The molecule has 1 rings (SSSR count). The minimum Gasteiger partial charge on any atom is -0.393 e. The Morgan fingerprint density at radius 2 is 2.12 bits per heavy atom. The van der Waals surface area contributed by atoms with Crippen LogP contribution < -0.4 is 0 Å². The van der Waals surface area contributed by atoms with Gasteiger partial charge in [-0.25, -0.2) is 0 Å². The highest BCUT2D eigenvalue weighted by molar-refractivity contribution is 5.24. The second-order valence-corrected chi connectivity index (χ2v) is 4.69. The molecule has 0 spiro atoms. The van der Waals surface area contributed by atoms with Crippen LogP contribution in [0.1, 0.15) is 42.6 Å². The fourth-order valence-electron chi connectivity index (χ4n) is 2.13. The van der Waals surface area contributed by atoms with Gasteiger partial charge in [-0.15, -0.1) is 6.58 Å². The van der Waals surface area contributed by atoms with Crippen LogP contribution in [0.3, 0.4) is 0 Å². The van der Waals surface area contributed by atoms with Gasteiger partial charge in [-0.05, 0) is 51.5 Å². The molecule has 96 valence electrons. The Morgan fingerprint density at radius 3 is 2.65 bits per heavy atom. The summed E-state index contributed by atoms with van der Waals surface area (Å²) in [5, 5.41) is 14.2. The molecule has 0 radical (unpaired) electrons. The van der Waals surface area contributed by atoms with E-state index in [0.717, 1.165) is 37.8 Å². The second-order valence-electron chi connectivity index (χ2n) is 4.69. The van der Waals surface area contributed by atoms with Crippen molar-refractivity contribution in [1.82, 2.24) is 9.78 Å². The molecule has 3 heteroatoms. The number of hydrogen-bond acceptors (Lipinski definition) is 2. The van der Waals surface area contributed by atoms with Crippen molar-refractivity contribution < 1.29 is 5.11 Å². The first-order valence-corrected chi connectivity index (χ1v) is 6.34. The van der Waals surface area contributed by atoms with Gasteiger partial charge in [0.1, 0.15) is 0 Å². The monoisotopic (exact) mass is 236 g/mol. The van der Waals surface area contributed by atoms with Crippen LogP contribution in [-0.4, -0.2) is 21.0 Å². The molecule has 0 amide bonds. The highest BCUT2D eigenvalue weighted by atomic mass is 16.3. The van der Waals surface area contributed by atoms with Gasteiger partial charge in [0.15, 0.2) is 0 Å². The molecule has 1 aromatic heterocycles. The zero-order valence-corrected chi connectivity index (χ0v) is 11.2. The second kappa shape index (κ2) is 6.60. The summed E-state index contributed by atoms with van der Waals surface area (Å²) in [6, 6.07) is 0. The first kappa shape index (κ1) is 14.0. The first-order chi connectivity index (χ1) is 8.06. The van der Waals surface area contributed by atoms with Gasteiger partial charge in [-0.3, -0.25) is 4.68 Å². The van der Waals surface area contributed by atoms with E-state index in [1.807, 2.05) is 24.7 Å². The lowest BCUT2D eigenvalue weighted by Crippen LogP contribution is -2.08. The Balaban J connectivity index is 2.41. The summed E-state index contributed by atoms with van der Waals surface area (Å²) >= 11 is 0. The number of hydrogen-bond donors (Lipinski definition) is 1. The standard InChI is InChI=1S/C14H24N2O/c1-5-6-7-8-13(17)9-10-14-11(2)15-16(4)12(14)3/h5,13,17H,1,6-10H2,2-4H3. The topological polar surface area (TPSA) is 38.1 Å². The van der Waals surface area contributed by atoms with Crippen LogP contribution in [-0.2, 0) is 13.5 Å². The highest BCUT2D eigenvalue weighted by Crippen LogP contribution is 2.16. The largest absolute Gasteiger partial charge is 0.393 e. The normalized spacial score (nSPS) is 12.7. The SMILES string of the molecule is C=CCCCC(O)CCc1c(C)nn(C)c1C. The van der Waals surface area contributed by atoms with Gasteiger partial charge in [0.05, 0.1) is 11.8 Å². The molecule has 0 bridgehead atoms. The van der Waals surface area contributed by atoms with Gasteiger partial charge in [-0.1, -0.05) is 6.08 Å². The van der Waals surface area contributed by atoms with E-state index in [2.05, 4.69) is 18.6 Å². The van der Waals surface area contributed by atoms with Crippen LogP contribution in [0.4, 0.5) is 0 Å². The molecule has 17 heavy (non-hydrogen) atoms. The Hall–Kier alpha value is -1.09. The maximum Gasteiger partial charge on any atom is 0.0628 e. The fourth-order valence-corrected chi connectivity index (χ4v) is 2.13. The van der Waals surface area contributed by atoms with Crippen molar-refractivity contribution in [3.05, 3.63) is 29.6 Å². The molecule has 1 heterocycles. The van der Waals surface area contributed by atoms with Crippen molar-refractivity contribution in [3.63, 3.8) is 0 Å². The van der Waals surface area contributed by atoms with Crippen molar-refractivity contribution in [2.45, 2.75) is 52.1 Å². The Kier molecular flexibility index (Phi) is 5.42. The minimum atomic E-state index is -0.200. The summed E-state index contributed by atoms with van der Waals surface area (Å²) in [5.74, 6) is 0. The fraction of sp³-hybridized carbons (Fsp3) is 0.643. The van der Waals surface area contributed by atoms with Gasteiger partial charge >= 0.3 is 0 Å². The Bertz CT molecular complexity index is 369. The highest BCUT2D eigenvalue weighted by Gasteiger charge is 2.11. The van der Waals surface area contributed by atoms with Gasteiger partial charge in [0.2, 0.25) is 0 Å². The molecule has 1 aromatic rings. The van der Waals surface area contributed by atoms with E-state index in [0.29, 0.717) is 0 Å². The predicted molar refractivity (Wildman–Crippen MR) is 71.1 cm³/mol. The quantitative estimate of drug-likeness (QED) is 0.584. The maximum atomic E-state index is 9.86. The lowest BCUT2D eigenvalue weighted by molar-refractivity contribution is 0.152. The molecular formula is C14H24N2O. The van der Waals surface area contributed by atoms with E-state index < -0.39 is 0 Å². The number of allylic oxidation sites excluding steroid dienone is 1. The van der Waals surface area contributed by atoms with Crippen LogP contribution in [0.5, 0.6) is 0 Å². The molecule has 1 unspecified atom stereocenters. The minimum absolute atomic E-state index is 0.200. The van der Waals surface area contributed by atoms with Crippen LogP contribution in [0.15, 0.2) is 12.7 Å². The molecule has 0 aromatic carbocycles. The summed E-state index contributed by atoms with van der Waals surface area (Å²) in [5.41, 5.74) is 3.58. The lowest BCUT2D eigenvalue weighted by Gasteiger charge is -2.09. The third-order valence-corrected chi connectivity index (χ3v) is 3.33. The third kappa shape index (κ3) is 4.00. The number of unbranched alkanes of at least 4 members (excludes halogenated alkanes) is 1. The molecule has 3 nitrogen and oxygen atoms in total. The number of rotatable bonds is 7. The lowest BCUT2D eigenvalue weighted by atomic mass is 10.0. The average Bonchev–Trinajstić information content (AvgIpc) is 2.51. The Morgan fingerprint density at radius 1 is 1.41 bits per heavy atom. The summed E-state index contributed by atoms with van der Waals surface area (Å²) in [4.78, 5) is 0. The van der Waals surface area contributed by atoms with Crippen molar-refractivity contribution in [2.75, 3.05) is 0 Å². The van der Waals surface area contributed by atoms with E-state index in [4.69, 9.17) is 0 Å². The number of aliphatic hydroxyl groups excluding tert-OH is 1. The molecule has 1 atom stereocenters. The average molecular weight is 236 g/mol. The molecule has 0 saturated carbocycles. The molecule has 0 saturated heterocycles. The Labute approximate surface area is 104 Å². The van der Waals surface area contributed by atoms with Crippen LogP contribution in [0.25, 0.3) is 0 Å². The number of aryl methyl sites for hydroxylation is 2. The van der Waals surface area contributed by atoms with E-state index in [1.54, 1.807) is 0 Å².